The number of amides is 1. The number of rotatable bonds is 4. The molecular formula is C13H9Cl2N2O3S-. The fraction of sp³-hybridized carbons (Fsp3) is 0.154. The van der Waals surface area contributed by atoms with Gasteiger partial charge in [-0.05, 0) is 19.1 Å². The summed E-state index contributed by atoms with van der Waals surface area (Å²) in [5, 5.41) is 14.4. The predicted octanol–water partition coefficient (Wildman–Crippen LogP) is 2.30. The fourth-order valence-corrected chi connectivity index (χ4v) is 2.90. The van der Waals surface area contributed by atoms with Gasteiger partial charge in [-0.25, -0.2) is 4.98 Å². The van der Waals surface area contributed by atoms with Crippen molar-refractivity contribution in [1.29, 1.82) is 0 Å². The Bertz CT molecular complexity index is 715. The SMILES string of the molecule is Cc1nc(CC(=O)Nc2cccc(Cl)c2Cl)sc1C(=O)[O-]. The summed E-state index contributed by atoms with van der Waals surface area (Å²) in [7, 11) is 0. The molecule has 0 radical (unpaired) electrons. The van der Waals surface area contributed by atoms with Gasteiger partial charge in [0.15, 0.2) is 0 Å². The number of carboxylic acids is 1. The van der Waals surface area contributed by atoms with Gasteiger partial charge in [0.25, 0.3) is 0 Å². The van der Waals surface area contributed by atoms with Crippen molar-refractivity contribution in [2.45, 2.75) is 13.3 Å². The second kappa shape index (κ2) is 6.43. The first-order valence-electron chi connectivity index (χ1n) is 5.80. The van der Waals surface area contributed by atoms with Crippen molar-refractivity contribution in [3.8, 4) is 0 Å². The number of nitrogens with zero attached hydrogens (tertiary/aromatic N) is 1. The number of aromatic carboxylic acids is 1. The van der Waals surface area contributed by atoms with Crippen molar-refractivity contribution in [3.05, 3.63) is 43.8 Å². The molecule has 0 bridgehead atoms. The van der Waals surface area contributed by atoms with Gasteiger partial charge < -0.3 is 15.2 Å². The molecule has 0 saturated heterocycles. The quantitative estimate of drug-likeness (QED) is 0.923. The third-order valence-electron chi connectivity index (χ3n) is 2.56. The van der Waals surface area contributed by atoms with Crippen molar-refractivity contribution in [1.82, 2.24) is 4.98 Å². The molecule has 1 amide bonds. The largest absolute Gasteiger partial charge is 0.544 e. The highest BCUT2D eigenvalue weighted by Gasteiger charge is 2.13. The molecule has 0 aliphatic carbocycles. The maximum atomic E-state index is 11.9. The summed E-state index contributed by atoms with van der Waals surface area (Å²) in [6, 6.07) is 4.88. The van der Waals surface area contributed by atoms with Gasteiger partial charge in [0.05, 0.1) is 38.7 Å². The molecule has 0 fully saturated rings. The molecule has 8 heteroatoms. The number of hydrogen-bond acceptors (Lipinski definition) is 5. The average molecular weight is 344 g/mol. The zero-order chi connectivity index (χ0) is 15.6. The summed E-state index contributed by atoms with van der Waals surface area (Å²) in [5.41, 5.74) is 0.728. The number of aromatic nitrogens is 1. The van der Waals surface area contributed by atoms with Crippen LogP contribution in [-0.2, 0) is 11.2 Å². The van der Waals surface area contributed by atoms with Crippen molar-refractivity contribution < 1.29 is 14.7 Å². The molecule has 0 atom stereocenters. The first-order valence-corrected chi connectivity index (χ1v) is 7.37. The summed E-state index contributed by atoms with van der Waals surface area (Å²) < 4.78 is 0. The first kappa shape index (κ1) is 15.8. The van der Waals surface area contributed by atoms with Crippen LogP contribution in [0.4, 0.5) is 5.69 Å². The van der Waals surface area contributed by atoms with Crippen LogP contribution in [0.25, 0.3) is 0 Å². The molecule has 0 unspecified atom stereocenters. The lowest BCUT2D eigenvalue weighted by atomic mass is 10.3. The van der Waals surface area contributed by atoms with Crippen LogP contribution in [0.2, 0.25) is 10.0 Å². The minimum Gasteiger partial charge on any atom is -0.544 e. The first-order chi connectivity index (χ1) is 9.88. The topological polar surface area (TPSA) is 82.1 Å². The minimum absolute atomic E-state index is 0.0265. The summed E-state index contributed by atoms with van der Waals surface area (Å²) in [6.45, 7) is 1.55. The van der Waals surface area contributed by atoms with Crippen LogP contribution in [0.1, 0.15) is 20.4 Å². The summed E-state index contributed by atoms with van der Waals surface area (Å²) in [4.78, 5) is 26.8. The Kier molecular flexibility index (Phi) is 4.82. The Balaban J connectivity index is 2.10. The third-order valence-corrected chi connectivity index (χ3v) is 4.52. The van der Waals surface area contributed by atoms with Crippen molar-refractivity contribution in [2.24, 2.45) is 0 Å². The highest BCUT2D eigenvalue weighted by Crippen LogP contribution is 2.29. The van der Waals surface area contributed by atoms with Crippen molar-refractivity contribution in [2.75, 3.05) is 5.32 Å². The molecule has 2 rings (SSSR count). The van der Waals surface area contributed by atoms with Crippen LogP contribution in [0.5, 0.6) is 0 Å². The van der Waals surface area contributed by atoms with Crippen LogP contribution < -0.4 is 10.4 Å². The second-order valence-corrected chi connectivity index (χ2v) is 6.00. The van der Waals surface area contributed by atoms with E-state index in [0.717, 1.165) is 11.3 Å². The molecule has 0 aliphatic heterocycles. The molecule has 110 valence electrons. The molecule has 0 saturated carbocycles. The van der Waals surface area contributed by atoms with E-state index in [0.29, 0.717) is 21.4 Å². The minimum atomic E-state index is -1.30. The smallest absolute Gasteiger partial charge is 0.231 e. The Hall–Kier alpha value is -1.63. The van der Waals surface area contributed by atoms with Crippen molar-refractivity contribution in [3.63, 3.8) is 0 Å². The molecule has 2 aromatic rings. The molecular weight excluding hydrogens is 335 g/mol. The van der Waals surface area contributed by atoms with E-state index in [9.17, 15) is 14.7 Å². The summed E-state index contributed by atoms with van der Waals surface area (Å²) in [5.74, 6) is -1.66. The van der Waals surface area contributed by atoms with E-state index < -0.39 is 5.97 Å². The van der Waals surface area contributed by atoms with Gasteiger partial charge in [-0.1, -0.05) is 29.3 Å². The number of hydrogen-bond donors (Lipinski definition) is 1. The number of carboxylic acid groups (broad SMARTS) is 1. The standard InChI is InChI=1S/C13H10Cl2N2O3S/c1-6-12(13(19)20)21-10(16-6)5-9(18)17-8-4-2-3-7(14)11(8)15/h2-4H,5H2,1H3,(H,17,18)(H,19,20)/p-1. The van der Waals surface area contributed by atoms with Gasteiger partial charge in [0, 0.05) is 0 Å². The molecule has 1 aromatic carbocycles. The Morgan fingerprint density at radius 1 is 1.38 bits per heavy atom. The number of aryl methyl sites for hydroxylation is 1. The molecule has 1 N–H and O–H groups in total. The summed E-state index contributed by atoms with van der Waals surface area (Å²) in [6.07, 6.45) is -0.0539. The normalized spacial score (nSPS) is 10.4. The van der Waals surface area contributed by atoms with E-state index in [1.165, 1.54) is 0 Å². The number of carbonyl (C=O) groups excluding carboxylic acids is 2. The van der Waals surface area contributed by atoms with Gasteiger partial charge >= 0.3 is 0 Å². The molecule has 1 heterocycles. The van der Waals surface area contributed by atoms with E-state index in [4.69, 9.17) is 23.2 Å². The second-order valence-electron chi connectivity index (χ2n) is 4.14. The van der Waals surface area contributed by atoms with Gasteiger partial charge in [-0.15, -0.1) is 11.3 Å². The molecule has 21 heavy (non-hydrogen) atoms. The zero-order valence-electron chi connectivity index (χ0n) is 10.8. The van der Waals surface area contributed by atoms with Crippen LogP contribution in [0.3, 0.4) is 0 Å². The maximum absolute atomic E-state index is 11.9. The Morgan fingerprint density at radius 3 is 2.71 bits per heavy atom. The monoisotopic (exact) mass is 343 g/mol. The number of halogens is 2. The van der Waals surface area contributed by atoms with Crippen molar-refractivity contribution >= 4 is 52.1 Å². The number of carbonyl (C=O) groups is 2. The molecule has 5 nitrogen and oxygen atoms in total. The molecule has 0 spiro atoms. The highest BCUT2D eigenvalue weighted by molar-refractivity contribution is 7.13. The Labute approximate surface area is 134 Å². The van der Waals surface area contributed by atoms with E-state index in [2.05, 4.69) is 10.3 Å². The van der Waals surface area contributed by atoms with Crippen LogP contribution in [0.15, 0.2) is 18.2 Å². The zero-order valence-corrected chi connectivity index (χ0v) is 13.1. The van der Waals surface area contributed by atoms with E-state index in [1.54, 1.807) is 25.1 Å². The lowest BCUT2D eigenvalue weighted by Gasteiger charge is -2.07. The fourth-order valence-electron chi connectivity index (χ4n) is 1.65. The number of benzene rings is 1. The predicted molar refractivity (Wildman–Crippen MR) is 80.0 cm³/mol. The van der Waals surface area contributed by atoms with Crippen LogP contribution in [-0.4, -0.2) is 16.9 Å². The summed E-state index contributed by atoms with van der Waals surface area (Å²) >= 11 is 12.7. The lowest BCUT2D eigenvalue weighted by Crippen LogP contribution is -2.21. The number of nitrogens with one attached hydrogen (secondary N) is 1. The van der Waals surface area contributed by atoms with Crippen LogP contribution >= 0.6 is 34.5 Å². The highest BCUT2D eigenvalue weighted by atomic mass is 35.5. The van der Waals surface area contributed by atoms with Crippen LogP contribution in [0, 0.1) is 6.92 Å². The van der Waals surface area contributed by atoms with E-state index in [1.807, 2.05) is 0 Å². The molecule has 1 aromatic heterocycles. The Morgan fingerprint density at radius 2 is 2.10 bits per heavy atom. The lowest BCUT2D eigenvalue weighted by molar-refractivity contribution is -0.254. The van der Waals surface area contributed by atoms with Gasteiger partial charge in [-0.3, -0.25) is 4.79 Å². The van der Waals surface area contributed by atoms with Gasteiger partial charge in [0.2, 0.25) is 5.91 Å². The number of thiazole rings is 1. The van der Waals surface area contributed by atoms with Gasteiger partial charge in [-0.2, -0.15) is 0 Å². The maximum Gasteiger partial charge on any atom is 0.231 e. The molecule has 0 aliphatic rings. The average Bonchev–Trinajstić information content (AvgIpc) is 2.76. The van der Waals surface area contributed by atoms with Gasteiger partial charge in [0.1, 0.15) is 5.01 Å². The third kappa shape index (κ3) is 3.72. The number of anilines is 1. The van der Waals surface area contributed by atoms with E-state index in [-0.39, 0.29) is 22.2 Å². The van der Waals surface area contributed by atoms with E-state index >= 15 is 0 Å².